The Balaban J connectivity index is 2.30. The number of hydrogen-bond donors (Lipinski definition) is 1. The molecule has 2 aromatic rings. The lowest BCUT2D eigenvalue weighted by Gasteiger charge is -2.10. The monoisotopic (exact) mass is 289 g/mol. The predicted octanol–water partition coefficient (Wildman–Crippen LogP) is 4.01. The number of aromatic hydroxyl groups is 1. The van der Waals surface area contributed by atoms with E-state index in [1.165, 1.54) is 18.2 Å². The van der Waals surface area contributed by atoms with E-state index >= 15 is 0 Å². The minimum atomic E-state index is -4.73. The molecule has 0 spiro atoms. The highest BCUT2D eigenvalue weighted by molar-refractivity contribution is 6.29. The molecule has 1 aromatic heterocycles. The molecule has 2 rings (SSSR count). The molecule has 0 atom stereocenters. The molecule has 0 amide bonds. The summed E-state index contributed by atoms with van der Waals surface area (Å²) in [5.74, 6) is -0.454. The highest BCUT2D eigenvalue weighted by atomic mass is 35.5. The first kappa shape index (κ1) is 13.5. The average Bonchev–Trinajstić information content (AvgIpc) is 2.31. The number of pyridine rings is 1. The van der Waals surface area contributed by atoms with Crippen LogP contribution < -0.4 is 4.74 Å². The van der Waals surface area contributed by atoms with E-state index in [9.17, 15) is 18.3 Å². The molecule has 1 aromatic carbocycles. The number of hydrogen-bond acceptors (Lipinski definition) is 3. The molecule has 0 fully saturated rings. The van der Waals surface area contributed by atoms with Gasteiger partial charge in [0.15, 0.2) is 0 Å². The second-order valence-electron chi connectivity index (χ2n) is 3.60. The van der Waals surface area contributed by atoms with Crippen LogP contribution in [0.3, 0.4) is 0 Å². The number of benzene rings is 1. The first-order chi connectivity index (χ1) is 8.85. The number of nitrogens with zero attached hydrogens (tertiary/aromatic N) is 1. The van der Waals surface area contributed by atoms with Crippen LogP contribution in [0, 0.1) is 0 Å². The van der Waals surface area contributed by atoms with Crippen molar-refractivity contribution in [1.29, 1.82) is 0 Å². The molecular formula is C12H7ClF3NO2. The smallest absolute Gasteiger partial charge is 0.506 e. The summed E-state index contributed by atoms with van der Waals surface area (Å²) in [6.45, 7) is 0. The first-order valence-corrected chi connectivity index (χ1v) is 5.43. The van der Waals surface area contributed by atoms with Crippen molar-refractivity contribution >= 4 is 11.6 Å². The van der Waals surface area contributed by atoms with Gasteiger partial charge in [0.05, 0.1) is 6.20 Å². The van der Waals surface area contributed by atoms with Gasteiger partial charge in [-0.3, -0.25) is 0 Å². The molecule has 1 N–H and O–H groups in total. The van der Waals surface area contributed by atoms with Crippen LogP contribution in [0.4, 0.5) is 13.2 Å². The molecule has 0 radical (unpaired) electrons. The van der Waals surface area contributed by atoms with Crippen LogP contribution in [-0.2, 0) is 0 Å². The summed E-state index contributed by atoms with van der Waals surface area (Å²) in [5, 5.41) is 9.78. The number of alkyl halides is 3. The van der Waals surface area contributed by atoms with Crippen LogP contribution in [-0.4, -0.2) is 16.5 Å². The second kappa shape index (κ2) is 4.97. The van der Waals surface area contributed by atoms with Crippen LogP contribution >= 0.6 is 11.6 Å². The SMILES string of the molecule is Oc1cnc(Cl)cc1-c1ccc(OC(F)(F)F)cc1. The van der Waals surface area contributed by atoms with E-state index in [0.717, 1.165) is 18.3 Å². The van der Waals surface area contributed by atoms with Crippen molar-refractivity contribution in [3.63, 3.8) is 0 Å². The second-order valence-corrected chi connectivity index (χ2v) is 3.98. The molecule has 0 saturated heterocycles. The Kier molecular flexibility index (Phi) is 3.53. The third kappa shape index (κ3) is 3.51. The molecule has 19 heavy (non-hydrogen) atoms. The fraction of sp³-hybridized carbons (Fsp3) is 0.0833. The van der Waals surface area contributed by atoms with E-state index in [0.29, 0.717) is 11.1 Å². The zero-order chi connectivity index (χ0) is 14.0. The van der Waals surface area contributed by atoms with Crippen molar-refractivity contribution in [2.75, 3.05) is 0 Å². The number of halogens is 4. The Morgan fingerprint density at radius 3 is 2.37 bits per heavy atom. The van der Waals surface area contributed by atoms with Gasteiger partial charge in [0.1, 0.15) is 16.7 Å². The minimum Gasteiger partial charge on any atom is -0.506 e. The summed E-state index contributed by atoms with van der Waals surface area (Å²) in [7, 11) is 0. The molecule has 1 heterocycles. The lowest BCUT2D eigenvalue weighted by Crippen LogP contribution is -2.16. The number of rotatable bonds is 2. The highest BCUT2D eigenvalue weighted by Crippen LogP contribution is 2.32. The van der Waals surface area contributed by atoms with Crippen molar-refractivity contribution in [3.8, 4) is 22.6 Å². The fourth-order valence-corrected chi connectivity index (χ4v) is 1.65. The molecule has 0 aliphatic heterocycles. The lowest BCUT2D eigenvalue weighted by atomic mass is 10.1. The van der Waals surface area contributed by atoms with Gasteiger partial charge in [-0.05, 0) is 23.8 Å². The molecule has 100 valence electrons. The predicted molar refractivity (Wildman–Crippen MR) is 63.0 cm³/mol. The number of ether oxygens (including phenoxy) is 1. The van der Waals surface area contributed by atoms with Crippen molar-refractivity contribution in [1.82, 2.24) is 4.98 Å². The van der Waals surface area contributed by atoms with Crippen LogP contribution in [0.25, 0.3) is 11.1 Å². The summed E-state index contributed by atoms with van der Waals surface area (Å²) in [6, 6.07) is 6.47. The van der Waals surface area contributed by atoms with Gasteiger partial charge in [0, 0.05) is 5.56 Å². The molecule has 0 unspecified atom stereocenters. The van der Waals surface area contributed by atoms with E-state index in [2.05, 4.69) is 9.72 Å². The maximum atomic E-state index is 12.0. The normalized spacial score (nSPS) is 11.4. The molecule has 0 saturated carbocycles. The quantitative estimate of drug-likeness (QED) is 0.850. The Labute approximate surface area is 111 Å². The zero-order valence-corrected chi connectivity index (χ0v) is 10.0. The van der Waals surface area contributed by atoms with E-state index in [1.54, 1.807) is 0 Å². The molecule has 0 bridgehead atoms. The van der Waals surface area contributed by atoms with Crippen LogP contribution in [0.2, 0.25) is 5.15 Å². The van der Waals surface area contributed by atoms with Gasteiger partial charge in [0.2, 0.25) is 0 Å². The van der Waals surface area contributed by atoms with Gasteiger partial charge in [-0.2, -0.15) is 0 Å². The zero-order valence-electron chi connectivity index (χ0n) is 9.28. The van der Waals surface area contributed by atoms with Crippen molar-refractivity contribution < 1.29 is 23.0 Å². The Morgan fingerprint density at radius 2 is 1.79 bits per heavy atom. The highest BCUT2D eigenvalue weighted by Gasteiger charge is 2.30. The van der Waals surface area contributed by atoms with Crippen LogP contribution in [0.15, 0.2) is 36.5 Å². The molecule has 7 heteroatoms. The third-order valence-corrected chi connectivity index (χ3v) is 2.46. The molecule has 0 aliphatic rings. The van der Waals surface area contributed by atoms with Crippen molar-refractivity contribution in [2.24, 2.45) is 0 Å². The van der Waals surface area contributed by atoms with Gasteiger partial charge in [-0.15, -0.1) is 13.2 Å². The third-order valence-electron chi connectivity index (χ3n) is 2.25. The summed E-state index contributed by atoms with van der Waals surface area (Å²) in [5.41, 5.74) is 0.870. The lowest BCUT2D eigenvalue weighted by molar-refractivity contribution is -0.274. The Bertz CT molecular complexity index is 585. The summed E-state index contributed by atoms with van der Waals surface area (Å²) >= 11 is 5.69. The molecular weight excluding hydrogens is 283 g/mol. The average molecular weight is 290 g/mol. The standard InChI is InChI=1S/C12H7ClF3NO2/c13-11-5-9(10(18)6-17-11)7-1-3-8(4-2-7)19-12(14,15)16/h1-6,18H. The minimum absolute atomic E-state index is 0.117. The maximum Gasteiger partial charge on any atom is 0.573 e. The largest absolute Gasteiger partial charge is 0.573 e. The van der Waals surface area contributed by atoms with E-state index in [1.807, 2.05) is 0 Å². The molecule has 3 nitrogen and oxygen atoms in total. The molecule has 0 aliphatic carbocycles. The van der Waals surface area contributed by atoms with Crippen molar-refractivity contribution in [2.45, 2.75) is 6.36 Å². The van der Waals surface area contributed by atoms with E-state index < -0.39 is 6.36 Å². The first-order valence-electron chi connectivity index (χ1n) is 5.06. The van der Waals surface area contributed by atoms with Gasteiger partial charge in [-0.1, -0.05) is 23.7 Å². The van der Waals surface area contributed by atoms with Gasteiger partial charge in [-0.25, -0.2) is 4.98 Å². The Hall–Kier alpha value is -1.95. The summed E-state index contributed by atoms with van der Waals surface area (Å²) < 4.78 is 39.7. The van der Waals surface area contributed by atoms with Crippen LogP contribution in [0.5, 0.6) is 11.5 Å². The maximum absolute atomic E-state index is 12.0. The Morgan fingerprint density at radius 1 is 1.16 bits per heavy atom. The fourth-order valence-electron chi connectivity index (χ4n) is 1.49. The van der Waals surface area contributed by atoms with Crippen LogP contribution in [0.1, 0.15) is 0 Å². The van der Waals surface area contributed by atoms with E-state index in [4.69, 9.17) is 11.6 Å². The summed E-state index contributed by atoms with van der Waals surface area (Å²) in [6.07, 6.45) is -3.57. The summed E-state index contributed by atoms with van der Waals surface area (Å²) in [4.78, 5) is 3.67. The van der Waals surface area contributed by atoms with E-state index in [-0.39, 0.29) is 16.7 Å². The topological polar surface area (TPSA) is 42.4 Å². The van der Waals surface area contributed by atoms with Gasteiger partial charge in [0.25, 0.3) is 0 Å². The van der Waals surface area contributed by atoms with Gasteiger partial charge >= 0.3 is 6.36 Å². The van der Waals surface area contributed by atoms with Crippen molar-refractivity contribution in [3.05, 3.63) is 41.7 Å². The number of aromatic nitrogens is 1. The van der Waals surface area contributed by atoms with Gasteiger partial charge < -0.3 is 9.84 Å².